The van der Waals surface area contributed by atoms with E-state index in [1.165, 1.54) is 0 Å². The second-order valence-corrected chi connectivity index (χ2v) is 4.02. The van der Waals surface area contributed by atoms with Gasteiger partial charge in [-0.15, -0.1) is 0 Å². The van der Waals surface area contributed by atoms with Gasteiger partial charge in [-0.05, 0) is 24.1 Å². The van der Waals surface area contributed by atoms with Gasteiger partial charge in [0.2, 0.25) is 0 Å². The highest BCUT2D eigenvalue weighted by atomic mass is 31.1. The van der Waals surface area contributed by atoms with Crippen molar-refractivity contribution in [2.45, 2.75) is 12.2 Å². The second kappa shape index (κ2) is 5.58. The average molecular weight is 213 g/mol. The van der Waals surface area contributed by atoms with Gasteiger partial charge in [-0.2, -0.15) is 0 Å². The molecule has 0 radical (unpaired) electrons. The average Bonchev–Trinajstić information content (AvgIpc) is 2.18. The number of phenolic OH excluding ortho intramolecular Hbond substituents is 1. The topological polar surface area (TPSA) is 72.6 Å². The smallest absolute Gasteiger partial charge is 0.295 e. The van der Waals surface area contributed by atoms with Crippen LogP contribution in [0.25, 0.3) is 0 Å². The molecule has 0 saturated carbocycles. The van der Waals surface area contributed by atoms with Crippen LogP contribution in [0.15, 0.2) is 24.3 Å². The van der Waals surface area contributed by atoms with Gasteiger partial charge >= 0.3 is 0 Å². The zero-order valence-corrected chi connectivity index (χ0v) is 8.51. The van der Waals surface area contributed by atoms with Gasteiger partial charge in [0.05, 0.1) is 14.6 Å². The highest BCUT2D eigenvalue weighted by molar-refractivity contribution is 7.33. The summed E-state index contributed by atoms with van der Waals surface area (Å²) in [4.78, 5) is 9.90. The van der Waals surface area contributed by atoms with E-state index in [0.29, 0.717) is 12.9 Å². The lowest BCUT2D eigenvalue weighted by atomic mass is 10.1. The molecule has 0 heterocycles. The first-order valence-electron chi connectivity index (χ1n) is 4.10. The van der Waals surface area contributed by atoms with Gasteiger partial charge in [0.15, 0.2) is 0 Å². The summed E-state index contributed by atoms with van der Waals surface area (Å²) >= 11 is 0. The molecule has 4 nitrogen and oxygen atoms in total. The van der Waals surface area contributed by atoms with Gasteiger partial charge < -0.3 is 15.4 Å². The zero-order chi connectivity index (χ0) is 10.4. The fourth-order valence-electron chi connectivity index (χ4n) is 1.04. The van der Waals surface area contributed by atoms with Crippen LogP contribution in [0.4, 0.5) is 0 Å². The lowest BCUT2D eigenvalue weighted by Crippen LogP contribution is -2.17. The number of phenols is 1. The van der Waals surface area contributed by atoms with Gasteiger partial charge in [-0.1, -0.05) is 12.1 Å². The maximum absolute atomic E-state index is 9.90. The molecule has 14 heavy (non-hydrogen) atoms. The van der Waals surface area contributed by atoms with E-state index in [0.717, 1.165) is 5.56 Å². The minimum atomic E-state index is -0.176. The van der Waals surface area contributed by atoms with Crippen molar-refractivity contribution in [3.05, 3.63) is 29.8 Å². The summed E-state index contributed by atoms with van der Waals surface area (Å²) < 4.78 is 4.56. The molecule has 0 aromatic heterocycles. The quantitative estimate of drug-likeness (QED) is 0.565. The van der Waals surface area contributed by atoms with E-state index >= 15 is 0 Å². The number of carbonyl (C=O) groups excluding carboxylic acids is 1. The van der Waals surface area contributed by atoms with Crippen LogP contribution in [0.3, 0.4) is 0 Å². The Hall–Kier alpha value is -1.12. The summed E-state index contributed by atoms with van der Waals surface area (Å²) in [5, 5.41) is 9.03. The molecule has 2 unspecified atom stereocenters. The van der Waals surface area contributed by atoms with Crippen molar-refractivity contribution in [2.24, 2.45) is 5.73 Å². The highest BCUT2D eigenvalue weighted by Crippen LogP contribution is 2.19. The molecule has 0 aliphatic carbocycles. The number of hydrogen-bond donors (Lipinski definition) is 2. The number of aromatic hydroxyl groups is 1. The van der Waals surface area contributed by atoms with E-state index in [1.54, 1.807) is 24.3 Å². The summed E-state index contributed by atoms with van der Waals surface area (Å²) in [6.07, 6.45) is 0.632. The number of rotatable bonds is 5. The van der Waals surface area contributed by atoms with Gasteiger partial charge in [-0.25, -0.2) is 0 Å². The van der Waals surface area contributed by atoms with E-state index < -0.39 is 0 Å². The first-order valence-corrected chi connectivity index (χ1v) is 5.09. The molecule has 0 amide bonds. The molecule has 1 rings (SSSR count). The van der Waals surface area contributed by atoms with Gasteiger partial charge in [-0.3, -0.25) is 4.79 Å². The summed E-state index contributed by atoms with van der Waals surface area (Å²) in [6, 6.07) is 6.79. The van der Waals surface area contributed by atoms with Crippen LogP contribution in [0.1, 0.15) is 5.56 Å². The number of carbonyl (C=O) groups is 1. The predicted molar refractivity (Wildman–Crippen MR) is 55.3 cm³/mol. The van der Waals surface area contributed by atoms with E-state index in [-0.39, 0.29) is 20.3 Å². The number of hydrogen-bond acceptors (Lipinski definition) is 4. The zero-order valence-electron chi connectivity index (χ0n) is 7.51. The van der Waals surface area contributed by atoms with E-state index in [1.807, 2.05) is 0 Å². The van der Waals surface area contributed by atoms with Crippen molar-refractivity contribution >= 4 is 15.3 Å². The molecule has 0 aliphatic heterocycles. The van der Waals surface area contributed by atoms with Crippen molar-refractivity contribution in [1.29, 1.82) is 0 Å². The lowest BCUT2D eigenvalue weighted by molar-refractivity contribution is -0.119. The molecule has 1 aromatic rings. The highest BCUT2D eigenvalue weighted by Gasteiger charge is 2.04. The van der Waals surface area contributed by atoms with Crippen molar-refractivity contribution < 1.29 is 14.4 Å². The molecule has 3 N–H and O–H groups in total. The van der Waals surface area contributed by atoms with Gasteiger partial charge in [0.1, 0.15) is 5.75 Å². The first kappa shape index (κ1) is 11.0. The third-order valence-corrected chi connectivity index (χ3v) is 2.40. The van der Waals surface area contributed by atoms with Gasteiger partial charge in [0.25, 0.3) is 6.47 Å². The maximum Gasteiger partial charge on any atom is 0.295 e. The molecular weight excluding hydrogens is 201 g/mol. The maximum atomic E-state index is 9.90. The molecule has 2 atom stereocenters. The van der Waals surface area contributed by atoms with Crippen LogP contribution in [0.2, 0.25) is 0 Å². The Morgan fingerprint density at radius 1 is 1.50 bits per heavy atom. The van der Waals surface area contributed by atoms with Crippen molar-refractivity contribution in [1.82, 2.24) is 0 Å². The van der Waals surface area contributed by atoms with Crippen molar-refractivity contribution in [3.8, 4) is 5.75 Å². The Bertz CT molecular complexity index is 289. The monoisotopic (exact) mass is 213 g/mol. The fraction of sp³-hybridized carbons (Fsp3) is 0.222. The van der Waals surface area contributed by atoms with E-state index in [4.69, 9.17) is 10.8 Å². The second-order valence-electron chi connectivity index (χ2n) is 2.81. The van der Waals surface area contributed by atoms with E-state index in [9.17, 15) is 4.79 Å². The molecule has 0 saturated heterocycles. The third-order valence-electron chi connectivity index (χ3n) is 1.66. The third kappa shape index (κ3) is 3.73. The Balaban J connectivity index is 2.43. The summed E-state index contributed by atoms with van der Waals surface area (Å²) in [5.74, 6) is 0.0543. The molecular formula is C9H12NO3P. The predicted octanol–water partition coefficient (Wildman–Crippen LogP) is 0.986. The van der Waals surface area contributed by atoms with Crippen LogP contribution >= 0.6 is 8.81 Å². The largest absolute Gasteiger partial charge is 0.508 e. The molecule has 0 fully saturated rings. The van der Waals surface area contributed by atoms with Gasteiger partial charge in [0, 0.05) is 0 Å². The van der Waals surface area contributed by atoms with Crippen molar-refractivity contribution in [3.63, 3.8) is 0 Å². The fourth-order valence-corrected chi connectivity index (χ4v) is 1.59. The molecule has 0 bridgehead atoms. The Morgan fingerprint density at radius 2 is 2.14 bits per heavy atom. The Labute approximate surface area is 83.9 Å². The van der Waals surface area contributed by atoms with Crippen LogP contribution in [-0.2, 0) is 15.7 Å². The molecule has 0 spiro atoms. The lowest BCUT2D eigenvalue weighted by Gasteiger charge is -2.09. The molecule has 0 aliphatic rings. The Morgan fingerprint density at radius 3 is 2.71 bits per heavy atom. The number of benzene rings is 1. The SMILES string of the molecule is NC(Cc1ccc(O)cc1)POC=O. The summed E-state index contributed by atoms with van der Waals surface area (Å²) in [5.41, 5.74) is 6.71. The van der Waals surface area contributed by atoms with Crippen LogP contribution < -0.4 is 5.73 Å². The minimum Gasteiger partial charge on any atom is -0.508 e. The van der Waals surface area contributed by atoms with Crippen LogP contribution in [0, 0.1) is 0 Å². The Kier molecular flexibility index (Phi) is 4.36. The van der Waals surface area contributed by atoms with Crippen LogP contribution in [0.5, 0.6) is 5.75 Å². The molecule has 5 heteroatoms. The summed E-state index contributed by atoms with van der Waals surface area (Å²) in [7, 11) is -0.0240. The summed E-state index contributed by atoms with van der Waals surface area (Å²) in [6.45, 7) is 0.398. The van der Waals surface area contributed by atoms with Crippen LogP contribution in [-0.4, -0.2) is 17.4 Å². The van der Waals surface area contributed by atoms with E-state index in [2.05, 4.69) is 4.52 Å². The molecule has 76 valence electrons. The minimum absolute atomic E-state index is 0.0240. The first-order chi connectivity index (χ1) is 6.72. The normalized spacial score (nSPS) is 12.9. The molecule has 1 aromatic carbocycles. The van der Waals surface area contributed by atoms with Crippen molar-refractivity contribution in [2.75, 3.05) is 0 Å². The standard InChI is InChI=1S/C9H12NO3P/c10-9(14-13-6-11)5-7-1-3-8(12)4-2-7/h1-4,6,9,12,14H,5,10H2. The number of nitrogens with two attached hydrogens (primary N) is 1.